The largest absolute Gasteiger partial charge is 0.351 e. The van der Waals surface area contributed by atoms with Crippen LogP contribution in [-0.4, -0.2) is 39.7 Å². The van der Waals surface area contributed by atoms with E-state index in [-0.39, 0.29) is 5.91 Å². The Hall–Kier alpha value is -2.18. The topological polar surface area (TPSA) is 85.3 Å². The van der Waals surface area contributed by atoms with Gasteiger partial charge in [-0.05, 0) is 6.42 Å². The van der Waals surface area contributed by atoms with E-state index in [1.54, 1.807) is 11.9 Å². The van der Waals surface area contributed by atoms with E-state index in [1.807, 2.05) is 6.07 Å². The third-order valence-corrected chi connectivity index (χ3v) is 3.53. The summed E-state index contributed by atoms with van der Waals surface area (Å²) in [6.07, 6.45) is 1.52. The van der Waals surface area contributed by atoms with E-state index in [4.69, 9.17) is 9.05 Å². The molecule has 0 aromatic carbocycles. The molecule has 7 heteroatoms. The number of carbonyl (C=O) groups excluding carboxylic acids is 1. The predicted molar refractivity (Wildman–Crippen MR) is 75.5 cm³/mol. The van der Waals surface area contributed by atoms with Crippen molar-refractivity contribution >= 4 is 5.91 Å². The normalized spacial score (nSPS) is 12.4. The van der Waals surface area contributed by atoms with E-state index >= 15 is 0 Å². The fourth-order valence-corrected chi connectivity index (χ4v) is 1.71. The Bertz CT molecular complexity index is 605. The summed E-state index contributed by atoms with van der Waals surface area (Å²) in [6, 6.07) is 1.83. The van der Waals surface area contributed by atoms with Crippen LogP contribution in [0.25, 0.3) is 11.7 Å². The smallest absolute Gasteiger partial charge is 0.296 e. The molecule has 1 atom stereocenters. The summed E-state index contributed by atoms with van der Waals surface area (Å²) in [6.45, 7) is 6.24. The maximum atomic E-state index is 11.1. The molecule has 21 heavy (non-hydrogen) atoms. The molecule has 2 heterocycles. The van der Waals surface area contributed by atoms with Gasteiger partial charge in [0.05, 0.1) is 5.69 Å². The summed E-state index contributed by atoms with van der Waals surface area (Å²) in [7, 11) is 1.73. The zero-order valence-electron chi connectivity index (χ0n) is 12.8. The van der Waals surface area contributed by atoms with Gasteiger partial charge in [-0.25, -0.2) is 0 Å². The zero-order chi connectivity index (χ0) is 15.4. The highest BCUT2D eigenvalue weighted by atomic mass is 16.5. The highest BCUT2D eigenvalue weighted by molar-refractivity contribution is 5.72. The van der Waals surface area contributed by atoms with Crippen LogP contribution in [0.15, 0.2) is 15.1 Å². The standard InChI is InChI=1S/C14H20N4O3/c1-5-9(2)11-8-12(20-16-11)14-15-13(17-21-14)6-7-18(4)10(3)19/h8-9H,5-7H2,1-4H3/t9-/m0/s1. The Morgan fingerprint density at radius 3 is 2.81 bits per heavy atom. The molecule has 2 rings (SSSR count). The Morgan fingerprint density at radius 1 is 1.38 bits per heavy atom. The fraction of sp³-hybridized carbons (Fsp3) is 0.571. The molecule has 7 nitrogen and oxygen atoms in total. The molecule has 0 aliphatic rings. The van der Waals surface area contributed by atoms with Gasteiger partial charge in [0, 0.05) is 38.9 Å². The maximum Gasteiger partial charge on any atom is 0.296 e. The molecule has 114 valence electrons. The monoisotopic (exact) mass is 292 g/mol. The third kappa shape index (κ3) is 3.68. The second-order valence-corrected chi connectivity index (χ2v) is 5.13. The molecule has 0 N–H and O–H groups in total. The average molecular weight is 292 g/mol. The molecule has 0 spiro atoms. The van der Waals surface area contributed by atoms with Gasteiger partial charge in [0.25, 0.3) is 5.89 Å². The molecule has 0 aliphatic heterocycles. The molecule has 0 saturated carbocycles. The Morgan fingerprint density at radius 2 is 2.14 bits per heavy atom. The summed E-state index contributed by atoms with van der Waals surface area (Å²) in [4.78, 5) is 17.0. The number of aromatic nitrogens is 3. The van der Waals surface area contributed by atoms with Gasteiger partial charge >= 0.3 is 0 Å². The Labute approximate surface area is 123 Å². The molecule has 0 unspecified atom stereocenters. The molecular formula is C14H20N4O3. The SMILES string of the molecule is CC[C@H](C)c1cc(-c2nc(CCN(C)C(C)=O)no2)on1. The number of hydrogen-bond donors (Lipinski definition) is 0. The lowest BCUT2D eigenvalue weighted by atomic mass is 10.1. The first-order valence-electron chi connectivity index (χ1n) is 7.02. The molecule has 2 aromatic heterocycles. The van der Waals surface area contributed by atoms with Crippen LogP contribution in [0.4, 0.5) is 0 Å². The lowest BCUT2D eigenvalue weighted by molar-refractivity contribution is -0.127. The van der Waals surface area contributed by atoms with Gasteiger partial charge in [-0.1, -0.05) is 24.2 Å². The van der Waals surface area contributed by atoms with Gasteiger partial charge in [0.2, 0.25) is 11.7 Å². The number of amides is 1. The first-order chi connectivity index (χ1) is 10.0. The maximum absolute atomic E-state index is 11.1. The van der Waals surface area contributed by atoms with Gasteiger partial charge in [-0.15, -0.1) is 0 Å². The zero-order valence-corrected chi connectivity index (χ0v) is 12.8. The number of nitrogens with zero attached hydrogens (tertiary/aromatic N) is 4. The van der Waals surface area contributed by atoms with Gasteiger partial charge in [0.1, 0.15) is 0 Å². The Kier molecular flexibility index (Phi) is 4.72. The quantitative estimate of drug-likeness (QED) is 0.811. The van der Waals surface area contributed by atoms with Crippen LogP contribution in [0.3, 0.4) is 0 Å². The third-order valence-electron chi connectivity index (χ3n) is 3.53. The summed E-state index contributed by atoms with van der Waals surface area (Å²) < 4.78 is 10.4. The van der Waals surface area contributed by atoms with Crippen LogP contribution in [0, 0.1) is 0 Å². The molecule has 0 fully saturated rings. The summed E-state index contributed by atoms with van der Waals surface area (Å²) in [5, 5.41) is 7.90. The second kappa shape index (κ2) is 6.51. The summed E-state index contributed by atoms with van der Waals surface area (Å²) >= 11 is 0. The molecule has 1 amide bonds. The molecule has 0 radical (unpaired) electrons. The first-order valence-corrected chi connectivity index (χ1v) is 7.02. The molecular weight excluding hydrogens is 272 g/mol. The van der Waals surface area contributed by atoms with Crippen molar-refractivity contribution in [2.75, 3.05) is 13.6 Å². The van der Waals surface area contributed by atoms with Crippen LogP contribution >= 0.6 is 0 Å². The summed E-state index contributed by atoms with van der Waals surface area (Å²) in [5.41, 5.74) is 0.878. The van der Waals surface area contributed by atoms with E-state index in [0.717, 1.165) is 12.1 Å². The number of likely N-dealkylation sites (N-methyl/N-ethyl adjacent to an activating group) is 1. The van der Waals surface area contributed by atoms with Crippen LogP contribution in [0.5, 0.6) is 0 Å². The van der Waals surface area contributed by atoms with Gasteiger partial charge in [-0.2, -0.15) is 4.98 Å². The van der Waals surface area contributed by atoms with Crippen molar-refractivity contribution in [1.82, 2.24) is 20.2 Å². The Balaban J connectivity index is 2.02. The molecule has 2 aromatic rings. The van der Waals surface area contributed by atoms with E-state index < -0.39 is 0 Å². The van der Waals surface area contributed by atoms with Crippen LogP contribution in [-0.2, 0) is 11.2 Å². The van der Waals surface area contributed by atoms with Crippen LogP contribution in [0.2, 0.25) is 0 Å². The van der Waals surface area contributed by atoms with Crippen molar-refractivity contribution < 1.29 is 13.8 Å². The van der Waals surface area contributed by atoms with Crippen molar-refractivity contribution in [3.8, 4) is 11.7 Å². The van der Waals surface area contributed by atoms with Crippen molar-refractivity contribution in [3.63, 3.8) is 0 Å². The minimum atomic E-state index is 0.00662. The van der Waals surface area contributed by atoms with Crippen LogP contribution < -0.4 is 0 Å². The minimum Gasteiger partial charge on any atom is -0.351 e. The van der Waals surface area contributed by atoms with Crippen molar-refractivity contribution in [2.24, 2.45) is 0 Å². The second-order valence-electron chi connectivity index (χ2n) is 5.13. The summed E-state index contributed by atoms with van der Waals surface area (Å²) in [5.74, 6) is 1.67. The van der Waals surface area contributed by atoms with Gasteiger partial charge in [-0.3, -0.25) is 4.79 Å². The number of rotatable bonds is 6. The van der Waals surface area contributed by atoms with Gasteiger partial charge in [0.15, 0.2) is 5.82 Å². The highest BCUT2D eigenvalue weighted by Crippen LogP contribution is 2.24. The minimum absolute atomic E-state index is 0.00662. The number of hydrogen-bond acceptors (Lipinski definition) is 6. The van der Waals surface area contributed by atoms with E-state index in [2.05, 4.69) is 29.1 Å². The average Bonchev–Trinajstić information content (AvgIpc) is 3.12. The van der Waals surface area contributed by atoms with Crippen molar-refractivity contribution in [3.05, 3.63) is 17.6 Å². The fourth-order valence-electron chi connectivity index (χ4n) is 1.71. The lowest BCUT2D eigenvalue weighted by Gasteiger charge is -2.12. The van der Waals surface area contributed by atoms with Crippen molar-refractivity contribution in [1.29, 1.82) is 0 Å². The molecule has 0 saturated heterocycles. The first kappa shape index (κ1) is 15.2. The van der Waals surface area contributed by atoms with E-state index in [0.29, 0.717) is 36.4 Å². The van der Waals surface area contributed by atoms with E-state index in [9.17, 15) is 4.79 Å². The van der Waals surface area contributed by atoms with Gasteiger partial charge < -0.3 is 13.9 Å². The van der Waals surface area contributed by atoms with Crippen molar-refractivity contribution in [2.45, 2.75) is 39.5 Å². The predicted octanol–water partition coefficient (Wildman–Crippen LogP) is 2.26. The van der Waals surface area contributed by atoms with Crippen LogP contribution in [0.1, 0.15) is 44.6 Å². The lowest BCUT2D eigenvalue weighted by Crippen LogP contribution is -2.26. The number of carbonyl (C=O) groups is 1. The van der Waals surface area contributed by atoms with E-state index in [1.165, 1.54) is 6.92 Å². The molecule has 0 aliphatic carbocycles. The highest BCUT2D eigenvalue weighted by Gasteiger charge is 2.17. The molecule has 0 bridgehead atoms.